The second kappa shape index (κ2) is 6.16. The minimum Gasteiger partial charge on any atom is -0.326 e. The van der Waals surface area contributed by atoms with Gasteiger partial charge in [0.25, 0.3) is 5.91 Å². The van der Waals surface area contributed by atoms with E-state index in [1.54, 1.807) is 11.8 Å². The van der Waals surface area contributed by atoms with Gasteiger partial charge in [-0.2, -0.15) is 0 Å². The van der Waals surface area contributed by atoms with Crippen LogP contribution in [0.4, 0.5) is 11.4 Å². The van der Waals surface area contributed by atoms with Crippen LogP contribution in [0.15, 0.2) is 52.3 Å². The number of nitrogens with zero attached hydrogens (tertiary/aromatic N) is 1. The van der Waals surface area contributed by atoms with E-state index in [0.717, 1.165) is 58.8 Å². The van der Waals surface area contributed by atoms with E-state index in [1.807, 2.05) is 47.4 Å². The van der Waals surface area contributed by atoms with Gasteiger partial charge in [0.1, 0.15) is 0 Å². The zero-order chi connectivity index (χ0) is 17.7. The molecule has 0 atom stereocenters. The predicted molar refractivity (Wildman–Crippen MR) is 103 cm³/mol. The van der Waals surface area contributed by atoms with Crippen molar-refractivity contribution < 1.29 is 9.59 Å². The first kappa shape index (κ1) is 15.9. The first-order valence-corrected chi connectivity index (χ1v) is 10.1. The van der Waals surface area contributed by atoms with Gasteiger partial charge in [-0.05, 0) is 56.0 Å². The van der Waals surface area contributed by atoms with Gasteiger partial charge in [-0.3, -0.25) is 9.59 Å². The smallest absolute Gasteiger partial charge is 0.259 e. The Kier molecular flexibility index (Phi) is 3.78. The normalized spacial score (nSPS) is 19.2. The zero-order valence-electron chi connectivity index (χ0n) is 14.4. The van der Waals surface area contributed by atoms with Gasteiger partial charge in [0.15, 0.2) is 0 Å². The van der Waals surface area contributed by atoms with Crippen LogP contribution in [0.5, 0.6) is 0 Å². The number of hydrogen-bond acceptors (Lipinski definition) is 3. The van der Waals surface area contributed by atoms with Gasteiger partial charge in [-0.25, -0.2) is 0 Å². The SMILES string of the molecule is O=C(Nc1ccc2c(c1)Sc1ccccc1C(=O)N2C1CC1)C1CCC1. The lowest BCUT2D eigenvalue weighted by Gasteiger charge is -2.25. The first-order valence-electron chi connectivity index (χ1n) is 9.26. The number of benzene rings is 2. The topological polar surface area (TPSA) is 49.4 Å². The van der Waals surface area contributed by atoms with E-state index >= 15 is 0 Å². The first-order chi connectivity index (χ1) is 12.7. The lowest BCUT2D eigenvalue weighted by atomic mass is 9.85. The summed E-state index contributed by atoms with van der Waals surface area (Å²) in [5.41, 5.74) is 2.54. The Hall–Kier alpha value is -2.27. The van der Waals surface area contributed by atoms with Crippen molar-refractivity contribution in [3.63, 3.8) is 0 Å². The molecule has 0 radical (unpaired) electrons. The van der Waals surface area contributed by atoms with Crippen LogP contribution in [0.2, 0.25) is 0 Å². The highest BCUT2D eigenvalue weighted by Gasteiger charge is 2.38. The summed E-state index contributed by atoms with van der Waals surface area (Å²) in [5.74, 6) is 0.359. The average Bonchev–Trinajstić information content (AvgIpc) is 3.40. The van der Waals surface area contributed by atoms with Crippen molar-refractivity contribution in [3.8, 4) is 0 Å². The number of anilines is 2. The molecular weight excluding hydrogens is 344 g/mol. The fraction of sp³-hybridized carbons (Fsp3) is 0.333. The molecule has 2 saturated carbocycles. The number of amides is 2. The lowest BCUT2D eigenvalue weighted by molar-refractivity contribution is -0.122. The highest BCUT2D eigenvalue weighted by molar-refractivity contribution is 7.99. The minimum atomic E-state index is 0.0839. The van der Waals surface area contributed by atoms with Crippen molar-refractivity contribution in [1.29, 1.82) is 0 Å². The van der Waals surface area contributed by atoms with Gasteiger partial charge >= 0.3 is 0 Å². The molecule has 2 aromatic rings. The van der Waals surface area contributed by atoms with Crippen molar-refractivity contribution in [1.82, 2.24) is 0 Å². The largest absolute Gasteiger partial charge is 0.326 e. The van der Waals surface area contributed by atoms with E-state index in [9.17, 15) is 9.59 Å². The summed E-state index contributed by atoms with van der Waals surface area (Å²) in [5, 5.41) is 3.05. The van der Waals surface area contributed by atoms with E-state index in [-0.39, 0.29) is 17.7 Å². The molecule has 4 nitrogen and oxygen atoms in total. The lowest BCUT2D eigenvalue weighted by Crippen LogP contribution is -2.33. The van der Waals surface area contributed by atoms with E-state index < -0.39 is 0 Å². The maximum Gasteiger partial charge on any atom is 0.259 e. The third kappa shape index (κ3) is 2.71. The zero-order valence-corrected chi connectivity index (χ0v) is 15.2. The Morgan fingerprint density at radius 2 is 1.85 bits per heavy atom. The molecule has 1 aliphatic heterocycles. The van der Waals surface area contributed by atoms with Crippen LogP contribution < -0.4 is 10.2 Å². The summed E-state index contributed by atoms with van der Waals surface area (Å²) in [6, 6.07) is 14.0. The molecule has 5 rings (SSSR count). The molecule has 5 heteroatoms. The number of carbonyl (C=O) groups excluding carboxylic acids is 2. The molecule has 2 fully saturated rings. The van der Waals surface area contributed by atoms with Crippen LogP contribution in [0.25, 0.3) is 0 Å². The maximum atomic E-state index is 13.1. The van der Waals surface area contributed by atoms with Crippen LogP contribution in [-0.2, 0) is 4.79 Å². The monoisotopic (exact) mass is 364 g/mol. The van der Waals surface area contributed by atoms with E-state index in [4.69, 9.17) is 0 Å². The molecule has 1 N–H and O–H groups in total. The summed E-state index contributed by atoms with van der Waals surface area (Å²) >= 11 is 1.61. The summed E-state index contributed by atoms with van der Waals surface area (Å²) < 4.78 is 0. The third-order valence-corrected chi connectivity index (χ3v) is 6.55. The molecule has 0 bridgehead atoms. The minimum absolute atomic E-state index is 0.0839. The molecule has 132 valence electrons. The molecule has 0 spiro atoms. The number of hydrogen-bond donors (Lipinski definition) is 1. The number of fused-ring (bicyclic) bond motifs is 2. The molecule has 26 heavy (non-hydrogen) atoms. The number of nitrogens with one attached hydrogen (secondary N) is 1. The Morgan fingerprint density at radius 1 is 1.04 bits per heavy atom. The highest BCUT2D eigenvalue weighted by atomic mass is 32.2. The van der Waals surface area contributed by atoms with Gasteiger partial charge in [-0.1, -0.05) is 30.3 Å². The summed E-state index contributed by atoms with van der Waals surface area (Å²) in [7, 11) is 0. The van der Waals surface area contributed by atoms with E-state index in [0.29, 0.717) is 6.04 Å². The van der Waals surface area contributed by atoms with Crippen molar-refractivity contribution in [2.75, 3.05) is 10.2 Å². The molecule has 2 amide bonds. The Labute approximate surface area is 157 Å². The standard InChI is InChI=1S/C21H20N2O2S/c24-20(13-4-3-5-13)22-14-8-11-17-19(12-14)26-18-7-2-1-6-16(18)21(25)23(17)15-9-10-15/h1-2,6-8,11-13,15H,3-5,9-10H2,(H,22,24). The molecule has 0 saturated heterocycles. The molecule has 2 aliphatic carbocycles. The summed E-state index contributed by atoms with van der Waals surface area (Å²) in [4.78, 5) is 29.4. The summed E-state index contributed by atoms with van der Waals surface area (Å²) in [6.45, 7) is 0. The van der Waals surface area contributed by atoms with Crippen molar-refractivity contribution in [2.45, 2.75) is 47.9 Å². The van der Waals surface area contributed by atoms with Gasteiger partial charge in [0.05, 0.1) is 11.3 Å². The van der Waals surface area contributed by atoms with Gasteiger partial charge < -0.3 is 10.2 Å². The van der Waals surface area contributed by atoms with E-state index in [1.165, 1.54) is 0 Å². The van der Waals surface area contributed by atoms with Crippen LogP contribution in [0, 0.1) is 5.92 Å². The second-order valence-electron chi connectivity index (χ2n) is 7.30. The van der Waals surface area contributed by atoms with Crippen LogP contribution >= 0.6 is 11.8 Å². The van der Waals surface area contributed by atoms with Crippen molar-refractivity contribution in [3.05, 3.63) is 48.0 Å². The fourth-order valence-corrected chi connectivity index (χ4v) is 4.68. The van der Waals surface area contributed by atoms with Gasteiger partial charge in [0.2, 0.25) is 5.91 Å². The maximum absolute atomic E-state index is 13.1. The van der Waals surface area contributed by atoms with E-state index in [2.05, 4.69) is 5.32 Å². The van der Waals surface area contributed by atoms with Gasteiger partial charge in [-0.15, -0.1) is 0 Å². The summed E-state index contributed by atoms with van der Waals surface area (Å²) in [6.07, 6.45) is 5.23. The predicted octanol–water partition coefficient (Wildman–Crippen LogP) is 4.70. The van der Waals surface area contributed by atoms with Crippen molar-refractivity contribution in [2.24, 2.45) is 5.92 Å². The highest BCUT2D eigenvalue weighted by Crippen LogP contribution is 2.46. The molecule has 0 unspecified atom stereocenters. The van der Waals surface area contributed by atoms with Crippen LogP contribution in [0.3, 0.4) is 0 Å². The fourth-order valence-electron chi connectivity index (χ4n) is 3.57. The Morgan fingerprint density at radius 3 is 2.58 bits per heavy atom. The quantitative estimate of drug-likeness (QED) is 0.859. The van der Waals surface area contributed by atoms with Crippen LogP contribution in [0.1, 0.15) is 42.5 Å². The Bertz CT molecular complexity index is 903. The number of carbonyl (C=O) groups is 2. The van der Waals surface area contributed by atoms with Gasteiger partial charge in [0, 0.05) is 27.4 Å². The molecule has 3 aliphatic rings. The number of rotatable bonds is 3. The van der Waals surface area contributed by atoms with Crippen LogP contribution in [-0.4, -0.2) is 17.9 Å². The molecule has 0 aromatic heterocycles. The Balaban J connectivity index is 1.53. The molecule has 1 heterocycles. The molecule has 2 aromatic carbocycles. The third-order valence-electron chi connectivity index (χ3n) is 5.43. The second-order valence-corrected chi connectivity index (χ2v) is 8.39. The average molecular weight is 364 g/mol. The van der Waals surface area contributed by atoms with Crippen molar-refractivity contribution >= 4 is 35.0 Å². The molecular formula is C21H20N2O2S.